The summed E-state index contributed by atoms with van der Waals surface area (Å²) in [5.41, 5.74) is 3.15. The fourth-order valence-electron chi connectivity index (χ4n) is 4.33. The van der Waals surface area contributed by atoms with E-state index in [4.69, 9.17) is 9.47 Å². The van der Waals surface area contributed by atoms with Gasteiger partial charge in [-0.15, -0.1) is 11.8 Å². The molecule has 28 heavy (non-hydrogen) atoms. The highest BCUT2D eigenvalue weighted by molar-refractivity contribution is 8.03. The van der Waals surface area contributed by atoms with Gasteiger partial charge < -0.3 is 9.47 Å². The van der Waals surface area contributed by atoms with Crippen molar-refractivity contribution in [3.8, 4) is 11.5 Å². The number of thioether (sulfide) groups is 1. The highest BCUT2D eigenvalue weighted by Gasteiger charge is 2.40. The van der Waals surface area contributed by atoms with Gasteiger partial charge >= 0.3 is 5.97 Å². The lowest BCUT2D eigenvalue weighted by molar-refractivity contribution is -0.131. The molecule has 2 atom stereocenters. The molecular weight excluding hydrogens is 368 g/mol. The summed E-state index contributed by atoms with van der Waals surface area (Å²) in [6.45, 7) is 12.6. The summed E-state index contributed by atoms with van der Waals surface area (Å²) >= 11 is 1.87. The lowest BCUT2D eigenvalue weighted by Crippen LogP contribution is -2.32. The van der Waals surface area contributed by atoms with Crippen molar-refractivity contribution in [2.75, 3.05) is 5.75 Å². The van der Waals surface area contributed by atoms with Gasteiger partial charge in [-0.1, -0.05) is 46.5 Å². The van der Waals surface area contributed by atoms with Crippen LogP contribution in [0.25, 0.3) is 5.57 Å². The van der Waals surface area contributed by atoms with Crippen molar-refractivity contribution in [2.24, 2.45) is 5.92 Å². The van der Waals surface area contributed by atoms with E-state index in [2.05, 4.69) is 46.8 Å². The van der Waals surface area contributed by atoms with Crippen LogP contribution in [0.3, 0.4) is 0 Å². The van der Waals surface area contributed by atoms with Gasteiger partial charge in [0.25, 0.3) is 0 Å². The molecule has 0 spiro atoms. The average molecular weight is 403 g/mol. The second-order valence-corrected chi connectivity index (χ2v) is 9.87. The van der Waals surface area contributed by atoms with Crippen LogP contribution in [0.4, 0.5) is 0 Å². The lowest BCUT2D eigenvalue weighted by Gasteiger charge is -2.35. The molecule has 0 amide bonds. The molecule has 2 aliphatic rings. The number of fused-ring (bicyclic) bond motifs is 2. The predicted molar refractivity (Wildman–Crippen MR) is 118 cm³/mol. The highest BCUT2D eigenvalue weighted by Crippen LogP contribution is 2.54. The van der Waals surface area contributed by atoms with Crippen LogP contribution in [0.1, 0.15) is 90.7 Å². The van der Waals surface area contributed by atoms with Gasteiger partial charge in [0.2, 0.25) is 0 Å². The molecule has 0 aliphatic carbocycles. The Morgan fingerprint density at radius 2 is 2.04 bits per heavy atom. The third kappa shape index (κ3) is 4.27. The van der Waals surface area contributed by atoms with Crippen molar-refractivity contribution in [3.63, 3.8) is 0 Å². The molecule has 0 N–H and O–H groups in total. The van der Waals surface area contributed by atoms with Gasteiger partial charge in [0.15, 0.2) is 0 Å². The van der Waals surface area contributed by atoms with E-state index in [9.17, 15) is 4.79 Å². The standard InChI is InChI=1S/C24H34O3S/c1-7-8-9-10-15(2)16(3)18-13-20(26-17(4)25)22-19-11-12-28-23(19)24(5,6)27-21(22)14-18/h13-16H,7-12H2,1-6H3. The monoisotopic (exact) mass is 402 g/mol. The van der Waals surface area contributed by atoms with E-state index in [1.165, 1.54) is 48.6 Å². The van der Waals surface area contributed by atoms with Crippen molar-refractivity contribution in [3.05, 3.63) is 28.2 Å². The first-order valence-electron chi connectivity index (χ1n) is 10.7. The smallest absolute Gasteiger partial charge is 0.308 e. The second-order valence-electron chi connectivity index (χ2n) is 8.77. The van der Waals surface area contributed by atoms with E-state index in [1.54, 1.807) is 0 Å². The summed E-state index contributed by atoms with van der Waals surface area (Å²) in [5, 5.41) is 0. The molecule has 2 aliphatic heterocycles. The summed E-state index contributed by atoms with van der Waals surface area (Å²) in [6.07, 6.45) is 6.01. The zero-order valence-electron chi connectivity index (χ0n) is 18.2. The third-order valence-electron chi connectivity index (χ3n) is 6.07. The fourth-order valence-corrected chi connectivity index (χ4v) is 5.61. The largest absolute Gasteiger partial charge is 0.482 e. The summed E-state index contributed by atoms with van der Waals surface area (Å²) in [6, 6.07) is 4.27. The van der Waals surface area contributed by atoms with Crippen molar-refractivity contribution < 1.29 is 14.3 Å². The van der Waals surface area contributed by atoms with Crippen molar-refractivity contribution >= 4 is 23.3 Å². The minimum Gasteiger partial charge on any atom is -0.482 e. The Bertz CT molecular complexity index is 778. The number of ether oxygens (including phenoxy) is 2. The van der Waals surface area contributed by atoms with Gasteiger partial charge in [-0.2, -0.15) is 0 Å². The number of carbonyl (C=O) groups excluding carboxylic acids is 1. The van der Waals surface area contributed by atoms with Gasteiger partial charge in [0.05, 0.1) is 5.56 Å². The molecule has 0 aromatic heterocycles. The van der Waals surface area contributed by atoms with E-state index in [-0.39, 0.29) is 11.6 Å². The second kappa shape index (κ2) is 8.52. The molecule has 3 nitrogen and oxygen atoms in total. The Balaban J connectivity index is 2.01. The van der Waals surface area contributed by atoms with E-state index in [0.29, 0.717) is 17.6 Å². The molecule has 0 saturated carbocycles. The maximum Gasteiger partial charge on any atom is 0.308 e. The number of allylic oxidation sites excluding steroid dienone is 1. The van der Waals surface area contributed by atoms with Crippen LogP contribution in [-0.4, -0.2) is 17.3 Å². The van der Waals surface area contributed by atoms with Crippen LogP contribution >= 0.6 is 11.8 Å². The van der Waals surface area contributed by atoms with Crippen molar-refractivity contribution in [2.45, 2.75) is 85.2 Å². The summed E-state index contributed by atoms with van der Waals surface area (Å²) < 4.78 is 12.2. The van der Waals surface area contributed by atoms with Gasteiger partial charge in [-0.25, -0.2) is 0 Å². The average Bonchev–Trinajstić information content (AvgIpc) is 3.10. The van der Waals surface area contributed by atoms with Crippen molar-refractivity contribution in [1.82, 2.24) is 0 Å². The van der Waals surface area contributed by atoms with Gasteiger partial charge in [-0.05, 0) is 55.4 Å². The van der Waals surface area contributed by atoms with Crippen LogP contribution in [0.2, 0.25) is 0 Å². The summed E-state index contributed by atoms with van der Waals surface area (Å²) in [7, 11) is 0. The number of esters is 1. The number of hydrogen-bond donors (Lipinski definition) is 0. The van der Waals surface area contributed by atoms with Gasteiger partial charge in [0.1, 0.15) is 17.1 Å². The zero-order valence-corrected chi connectivity index (χ0v) is 19.0. The highest BCUT2D eigenvalue weighted by atomic mass is 32.2. The SMILES string of the molecule is CCCCCC(C)C(C)c1cc(OC(C)=O)c2c(c1)OC(C)(C)C1=C2CCS1. The van der Waals surface area contributed by atoms with Crippen LogP contribution in [-0.2, 0) is 4.79 Å². The quantitative estimate of drug-likeness (QED) is 0.281. The molecule has 4 heteroatoms. The number of hydrogen-bond acceptors (Lipinski definition) is 4. The van der Waals surface area contributed by atoms with Crippen LogP contribution in [0.15, 0.2) is 17.0 Å². The van der Waals surface area contributed by atoms with Crippen LogP contribution in [0.5, 0.6) is 11.5 Å². The first-order valence-corrected chi connectivity index (χ1v) is 11.6. The Morgan fingerprint density at radius 3 is 2.71 bits per heavy atom. The van der Waals surface area contributed by atoms with E-state index in [1.807, 2.05) is 11.8 Å². The number of rotatable bonds is 7. The summed E-state index contributed by atoms with van der Waals surface area (Å²) in [5.74, 6) is 3.27. The Morgan fingerprint density at radius 1 is 1.29 bits per heavy atom. The fraction of sp³-hybridized carbons (Fsp3) is 0.625. The first-order chi connectivity index (χ1) is 13.2. The lowest BCUT2D eigenvalue weighted by atomic mass is 9.83. The Kier molecular flexibility index (Phi) is 6.48. The van der Waals surface area contributed by atoms with E-state index >= 15 is 0 Å². The van der Waals surface area contributed by atoms with Crippen LogP contribution < -0.4 is 9.47 Å². The maximum atomic E-state index is 11.8. The molecule has 0 saturated heterocycles. The van der Waals surface area contributed by atoms with Gasteiger partial charge in [0, 0.05) is 17.6 Å². The van der Waals surface area contributed by atoms with Crippen molar-refractivity contribution in [1.29, 1.82) is 0 Å². The third-order valence-corrected chi connectivity index (χ3v) is 7.51. The summed E-state index contributed by atoms with van der Waals surface area (Å²) in [4.78, 5) is 13.1. The molecule has 154 valence electrons. The molecule has 0 bridgehead atoms. The molecule has 2 unspecified atom stereocenters. The molecular formula is C24H34O3S. The topological polar surface area (TPSA) is 35.5 Å². The minimum atomic E-state index is -0.328. The minimum absolute atomic E-state index is 0.277. The number of unbranched alkanes of at least 4 members (excludes halogenated alkanes) is 2. The van der Waals surface area contributed by atoms with Gasteiger partial charge in [-0.3, -0.25) is 4.79 Å². The molecule has 3 rings (SSSR count). The molecule has 0 fully saturated rings. The Hall–Kier alpha value is -1.42. The molecule has 1 aromatic carbocycles. The number of carbonyl (C=O) groups is 1. The zero-order chi connectivity index (χ0) is 20.5. The maximum absolute atomic E-state index is 11.8. The first kappa shape index (κ1) is 21.3. The number of benzene rings is 1. The molecule has 0 radical (unpaired) electrons. The van der Waals surface area contributed by atoms with E-state index < -0.39 is 0 Å². The normalized spacial score (nSPS) is 19.5. The predicted octanol–water partition coefficient (Wildman–Crippen LogP) is 6.95. The van der Waals surface area contributed by atoms with E-state index in [0.717, 1.165) is 23.5 Å². The molecule has 2 heterocycles. The Labute approximate surface area is 174 Å². The van der Waals surface area contributed by atoms with Crippen LogP contribution in [0, 0.1) is 5.92 Å². The molecule has 1 aromatic rings.